The van der Waals surface area contributed by atoms with Gasteiger partial charge in [0.15, 0.2) is 0 Å². The van der Waals surface area contributed by atoms with Gasteiger partial charge in [0.2, 0.25) is 0 Å². The smallest absolute Gasteiger partial charge is 0.408 e. The summed E-state index contributed by atoms with van der Waals surface area (Å²) in [6.07, 6.45) is 3.30. The normalized spacial score (nSPS) is 25.3. The highest BCUT2D eigenvalue weighted by molar-refractivity contribution is 5.69. The summed E-state index contributed by atoms with van der Waals surface area (Å²) in [4.78, 5) is 11.9. The summed E-state index contributed by atoms with van der Waals surface area (Å²) in [6, 6.07) is 0. The van der Waals surface area contributed by atoms with E-state index in [1.807, 2.05) is 20.8 Å². The number of rotatable bonds is 2. The maximum absolute atomic E-state index is 11.9. The second kappa shape index (κ2) is 4.38. The minimum atomic E-state index is -0.819. The lowest BCUT2D eigenvalue weighted by atomic mass is 9.74. The summed E-state index contributed by atoms with van der Waals surface area (Å²) in [5.41, 5.74) is -1.84. The Balaban J connectivity index is 2.05. The molecule has 5 heteroatoms. The van der Waals surface area contributed by atoms with E-state index in [0.717, 1.165) is 25.7 Å². The molecule has 18 heavy (non-hydrogen) atoms. The van der Waals surface area contributed by atoms with Crippen LogP contribution in [0.25, 0.3) is 0 Å². The van der Waals surface area contributed by atoms with Gasteiger partial charge in [0.05, 0.1) is 5.54 Å². The van der Waals surface area contributed by atoms with Crippen LogP contribution in [0.4, 0.5) is 4.79 Å². The van der Waals surface area contributed by atoms with Gasteiger partial charge in [0.25, 0.3) is 0 Å². The molecule has 0 bridgehead atoms. The van der Waals surface area contributed by atoms with Crippen molar-refractivity contribution >= 4 is 6.09 Å². The molecule has 0 aromatic carbocycles. The molecule has 5 nitrogen and oxygen atoms in total. The molecule has 0 radical (unpaired) electrons. The molecular formula is C13H24N2O3. The monoisotopic (exact) mass is 256 g/mol. The molecule has 2 rings (SSSR count). The molecule has 1 saturated carbocycles. The Bertz CT molecular complexity index is 326. The zero-order valence-corrected chi connectivity index (χ0v) is 11.5. The standard InChI is InChI=1S/C13H24N2O3/c1-11(2,3)18-10(16)15-12(6-4-5-7-12)13(17)8-14-9-13/h14,17H,4-9H2,1-3H3,(H,15,16). The van der Waals surface area contributed by atoms with Gasteiger partial charge in [-0.3, -0.25) is 0 Å². The van der Waals surface area contributed by atoms with Crippen LogP contribution in [0, 0.1) is 0 Å². The van der Waals surface area contributed by atoms with Crippen LogP contribution >= 0.6 is 0 Å². The summed E-state index contributed by atoms with van der Waals surface area (Å²) in [5.74, 6) is 0. The Morgan fingerprint density at radius 1 is 1.28 bits per heavy atom. The second-order valence-electron chi connectivity index (χ2n) is 6.55. The van der Waals surface area contributed by atoms with Gasteiger partial charge in [0, 0.05) is 13.1 Å². The Labute approximate surface area is 108 Å². The number of carbonyl (C=O) groups excluding carboxylic acids is 1. The van der Waals surface area contributed by atoms with E-state index in [1.54, 1.807) is 0 Å². The number of amides is 1. The average molecular weight is 256 g/mol. The summed E-state index contributed by atoms with van der Waals surface area (Å²) >= 11 is 0. The summed E-state index contributed by atoms with van der Waals surface area (Å²) in [5, 5.41) is 16.6. The highest BCUT2D eigenvalue weighted by atomic mass is 16.6. The van der Waals surface area contributed by atoms with Crippen LogP contribution in [0.2, 0.25) is 0 Å². The Kier molecular flexibility index (Phi) is 3.32. The van der Waals surface area contributed by atoms with Crippen molar-refractivity contribution in [3.8, 4) is 0 Å². The lowest BCUT2D eigenvalue weighted by molar-refractivity contribution is -0.0896. The number of carbonyl (C=O) groups is 1. The first-order chi connectivity index (χ1) is 8.27. The molecule has 104 valence electrons. The quantitative estimate of drug-likeness (QED) is 0.693. The number of nitrogens with one attached hydrogen (secondary N) is 2. The zero-order valence-electron chi connectivity index (χ0n) is 11.5. The van der Waals surface area contributed by atoms with Gasteiger partial charge in [0.1, 0.15) is 11.2 Å². The van der Waals surface area contributed by atoms with Crippen LogP contribution in [0.3, 0.4) is 0 Å². The van der Waals surface area contributed by atoms with Crippen LogP contribution in [-0.2, 0) is 4.74 Å². The van der Waals surface area contributed by atoms with Crippen molar-refractivity contribution in [3.63, 3.8) is 0 Å². The first kappa shape index (κ1) is 13.6. The molecule has 1 aliphatic heterocycles. The highest BCUT2D eigenvalue weighted by Crippen LogP contribution is 2.40. The molecule has 0 aromatic heterocycles. The Morgan fingerprint density at radius 3 is 2.22 bits per heavy atom. The molecule has 3 N–H and O–H groups in total. The third-order valence-corrected chi connectivity index (χ3v) is 3.92. The van der Waals surface area contributed by atoms with Gasteiger partial charge < -0.3 is 20.5 Å². The molecule has 0 spiro atoms. The van der Waals surface area contributed by atoms with E-state index in [0.29, 0.717) is 13.1 Å². The van der Waals surface area contributed by atoms with E-state index < -0.39 is 22.8 Å². The molecule has 1 amide bonds. The average Bonchev–Trinajstić information content (AvgIpc) is 2.60. The SMILES string of the molecule is CC(C)(C)OC(=O)NC1(C2(O)CNC2)CCCC1. The molecule has 1 heterocycles. The second-order valence-corrected chi connectivity index (χ2v) is 6.55. The van der Waals surface area contributed by atoms with E-state index in [4.69, 9.17) is 4.74 Å². The van der Waals surface area contributed by atoms with E-state index in [9.17, 15) is 9.90 Å². The summed E-state index contributed by atoms with van der Waals surface area (Å²) in [6.45, 7) is 6.61. The van der Waals surface area contributed by atoms with Crippen molar-refractivity contribution < 1.29 is 14.6 Å². The number of hydrogen-bond acceptors (Lipinski definition) is 4. The van der Waals surface area contributed by atoms with Crippen LogP contribution < -0.4 is 10.6 Å². The predicted molar refractivity (Wildman–Crippen MR) is 68.4 cm³/mol. The van der Waals surface area contributed by atoms with E-state index in [2.05, 4.69) is 10.6 Å². The van der Waals surface area contributed by atoms with Gasteiger partial charge in [-0.15, -0.1) is 0 Å². The third kappa shape index (κ3) is 2.47. The van der Waals surface area contributed by atoms with E-state index >= 15 is 0 Å². The van der Waals surface area contributed by atoms with Crippen molar-refractivity contribution in [2.75, 3.05) is 13.1 Å². The summed E-state index contributed by atoms with van der Waals surface area (Å²) in [7, 11) is 0. The largest absolute Gasteiger partial charge is 0.444 e. The fourth-order valence-corrected chi connectivity index (χ4v) is 2.88. The fourth-order valence-electron chi connectivity index (χ4n) is 2.88. The minimum absolute atomic E-state index is 0.426. The van der Waals surface area contributed by atoms with Gasteiger partial charge in [-0.05, 0) is 33.6 Å². The van der Waals surface area contributed by atoms with Crippen LogP contribution in [-0.4, -0.2) is 41.0 Å². The number of aliphatic hydroxyl groups is 1. The summed E-state index contributed by atoms with van der Waals surface area (Å²) < 4.78 is 5.31. The number of β-amino-alcohol motifs (C(OH)–C–C–N with tert-alkyl or cyclic N) is 1. The molecule has 0 aromatic rings. The molecule has 1 aliphatic carbocycles. The lowest BCUT2D eigenvalue weighted by Crippen LogP contribution is -2.76. The van der Waals surface area contributed by atoms with Crippen molar-refractivity contribution in [1.82, 2.24) is 10.6 Å². The number of hydrogen-bond donors (Lipinski definition) is 3. The minimum Gasteiger partial charge on any atom is -0.444 e. The Hall–Kier alpha value is -0.810. The molecule has 0 unspecified atom stereocenters. The van der Waals surface area contributed by atoms with E-state index in [-0.39, 0.29) is 0 Å². The van der Waals surface area contributed by atoms with Crippen molar-refractivity contribution in [2.45, 2.75) is 63.2 Å². The maximum Gasteiger partial charge on any atom is 0.408 e. The van der Waals surface area contributed by atoms with Gasteiger partial charge in [-0.1, -0.05) is 12.8 Å². The lowest BCUT2D eigenvalue weighted by Gasteiger charge is -2.51. The molecule has 2 aliphatic rings. The third-order valence-electron chi connectivity index (χ3n) is 3.92. The number of ether oxygens (including phenoxy) is 1. The Morgan fingerprint density at radius 2 is 1.83 bits per heavy atom. The zero-order chi connectivity index (χ0) is 13.4. The predicted octanol–water partition coefficient (Wildman–Crippen LogP) is 1.16. The van der Waals surface area contributed by atoms with E-state index in [1.165, 1.54) is 0 Å². The molecular weight excluding hydrogens is 232 g/mol. The van der Waals surface area contributed by atoms with Crippen molar-refractivity contribution in [2.24, 2.45) is 0 Å². The van der Waals surface area contributed by atoms with Gasteiger partial charge in [-0.2, -0.15) is 0 Å². The molecule has 2 fully saturated rings. The van der Waals surface area contributed by atoms with Gasteiger partial charge >= 0.3 is 6.09 Å². The van der Waals surface area contributed by atoms with Crippen LogP contribution in [0.15, 0.2) is 0 Å². The molecule has 0 atom stereocenters. The van der Waals surface area contributed by atoms with Crippen LogP contribution in [0.1, 0.15) is 46.5 Å². The first-order valence-corrected chi connectivity index (χ1v) is 6.71. The highest BCUT2D eigenvalue weighted by Gasteiger charge is 2.56. The molecule has 1 saturated heterocycles. The topological polar surface area (TPSA) is 70.6 Å². The number of alkyl carbamates (subject to hydrolysis) is 1. The first-order valence-electron chi connectivity index (χ1n) is 6.71. The van der Waals surface area contributed by atoms with Gasteiger partial charge in [-0.25, -0.2) is 4.79 Å². The fraction of sp³-hybridized carbons (Fsp3) is 0.923. The van der Waals surface area contributed by atoms with Crippen molar-refractivity contribution in [1.29, 1.82) is 0 Å². The maximum atomic E-state index is 11.9. The van der Waals surface area contributed by atoms with Crippen molar-refractivity contribution in [3.05, 3.63) is 0 Å². The van der Waals surface area contributed by atoms with Crippen LogP contribution in [0.5, 0.6) is 0 Å².